The quantitative estimate of drug-likeness (QED) is 0.313. The Hall–Kier alpha value is -3.59. The summed E-state index contributed by atoms with van der Waals surface area (Å²) in [6, 6.07) is 12.2. The van der Waals surface area contributed by atoms with Gasteiger partial charge in [0.05, 0.1) is 16.9 Å². The van der Waals surface area contributed by atoms with E-state index in [1.807, 2.05) is 0 Å². The van der Waals surface area contributed by atoms with E-state index in [1.54, 1.807) is 18.2 Å². The molecule has 0 saturated carbocycles. The standard InChI is InChI=1S/C19H12O8S/c20-18-17-14(8-9-25-17)13-7-6-11(15(16(13)26-18)27-19(21)22)10-28(23,24)12-4-2-1-3-5-12/h1-9H,10H2,(H,21,22). The minimum Gasteiger partial charge on any atom is -0.457 e. The normalized spacial score (nSPS) is 11.7. The van der Waals surface area contributed by atoms with Crippen molar-refractivity contribution in [1.29, 1.82) is 0 Å². The Kier molecular flexibility index (Phi) is 4.16. The van der Waals surface area contributed by atoms with Crippen molar-refractivity contribution in [2.75, 3.05) is 0 Å². The van der Waals surface area contributed by atoms with Crippen molar-refractivity contribution in [2.45, 2.75) is 10.6 Å². The predicted molar refractivity (Wildman–Crippen MR) is 98.2 cm³/mol. The summed E-state index contributed by atoms with van der Waals surface area (Å²) in [4.78, 5) is 23.4. The molecule has 0 atom stereocenters. The number of rotatable bonds is 4. The predicted octanol–water partition coefficient (Wildman–Crippen LogP) is 3.57. The maximum Gasteiger partial charge on any atom is 0.511 e. The number of fused-ring (bicyclic) bond motifs is 3. The lowest BCUT2D eigenvalue weighted by molar-refractivity contribution is 0.144. The topological polar surface area (TPSA) is 124 Å². The molecule has 4 aromatic rings. The molecule has 0 bridgehead atoms. The zero-order valence-electron chi connectivity index (χ0n) is 14.1. The van der Waals surface area contributed by atoms with Gasteiger partial charge >= 0.3 is 11.8 Å². The maximum absolute atomic E-state index is 12.7. The summed E-state index contributed by atoms with van der Waals surface area (Å²) in [7, 11) is -3.79. The smallest absolute Gasteiger partial charge is 0.457 e. The lowest BCUT2D eigenvalue weighted by Gasteiger charge is -2.11. The molecule has 0 fully saturated rings. The Morgan fingerprint density at radius 2 is 1.71 bits per heavy atom. The maximum atomic E-state index is 12.7. The molecule has 142 valence electrons. The number of ether oxygens (including phenoxy) is 1. The van der Waals surface area contributed by atoms with Gasteiger partial charge in [0.15, 0.2) is 21.2 Å². The second kappa shape index (κ2) is 6.54. The molecule has 2 aromatic carbocycles. The first-order valence-corrected chi connectivity index (χ1v) is 9.66. The SMILES string of the molecule is O=C(O)Oc1c(CS(=O)(=O)c2ccccc2)ccc2c1oc(=O)c1occc12. The second-order valence-corrected chi connectivity index (χ2v) is 7.91. The highest BCUT2D eigenvalue weighted by Gasteiger charge is 2.23. The summed E-state index contributed by atoms with van der Waals surface area (Å²) in [6.45, 7) is 0. The van der Waals surface area contributed by atoms with Crippen LogP contribution in [-0.2, 0) is 15.6 Å². The minimum absolute atomic E-state index is 0.0292. The molecule has 8 nitrogen and oxygen atoms in total. The van der Waals surface area contributed by atoms with Gasteiger partial charge in [0.25, 0.3) is 0 Å². The Morgan fingerprint density at radius 1 is 1.00 bits per heavy atom. The monoisotopic (exact) mass is 400 g/mol. The van der Waals surface area contributed by atoms with Crippen LogP contribution >= 0.6 is 0 Å². The number of hydrogen-bond acceptors (Lipinski definition) is 7. The van der Waals surface area contributed by atoms with E-state index >= 15 is 0 Å². The van der Waals surface area contributed by atoms with Crippen molar-refractivity contribution in [2.24, 2.45) is 0 Å². The van der Waals surface area contributed by atoms with E-state index in [-0.39, 0.29) is 27.4 Å². The zero-order chi connectivity index (χ0) is 19.9. The Bertz CT molecular complexity index is 1360. The van der Waals surface area contributed by atoms with E-state index in [9.17, 15) is 18.0 Å². The average molecular weight is 400 g/mol. The van der Waals surface area contributed by atoms with Gasteiger partial charge in [0, 0.05) is 16.3 Å². The lowest BCUT2D eigenvalue weighted by Crippen LogP contribution is -2.11. The molecule has 0 aliphatic heterocycles. The number of furan rings is 1. The van der Waals surface area contributed by atoms with E-state index in [4.69, 9.17) is 18.7 Å². The van der Waals surface area contributed by atoms with Crippen molar-refractivity contribution >= 4 is 37.9 Å². The summed E-state index contributed by atoms with van der Waals surface area (Å²) >= 11 is 0. The number of sulfone groups is 1. The molecule has 2 heterocycles. The minimum atomic E-state index is -3.79. The third-order valence-corrected chi connectivity index (χ3v) is 5.85. The van der Waals surface area contributed by atoms with Gasteiger partial charge in [0.1, 0.15) is 0 Å². The Morgan fingerprint density at radius 3 is 2.43 bits per heavy atom. The van der Waals surface area contributed by atoms with Gasteiger partial charge in [-0.1, -0.05) is 24.3 Å². The van der Waals surface area contributed by atoms with Gasteiger partial charge in [-0.2, -0.15) is 0 Å². The highest BCUT2D eigenvalue weighted by Crippen LogP contribution is 2.35. The molecule has 0 radical (unpaired) electrons. The van der Waals surface area contributed by atoms with Gasteiger partial charge in [-0.25, -0.2) is 18.0 Å². The third kappa shape index (κ3) is 3.01. The fraction of sp³-hybridized carbons (Fsp3) is 0.0526. The van der Waals surface area contributed by atoms with E-state index in [0.29, 0.717) is 10.8 Å². The van der Waals surface area contributed by atoms with Gasteiger partial charge in [-0.05, 0) is 24.3 Å². The molecule has 2 aromatic heterocycles. The molecular weight excluding hydrogens is 388 g/mol. The second-order valence-electron chi connectivity index (χ2n) is 5.92. The molecule has 9 heteroatoms. The van der Waals surface area contributed by atoms with Crippen LogP contribution in [0.15, 0.2) is 73.3 Å². The van der Waals surface area contributed by atoms with Crippen molar-refractivity contribution in [3.63, 3.8) is 0 Å². The summed E-state index contributed by atoms with van der Waals surface area (Å²) in [5.41, 5.74) is -0.976. The molecule has 1 N–H and O–H groups in total. The summed E-state index contributed by atoms with van der Waals surface area (Å²) in [5.74, 6) is -0.882. The van der Waals surface area contributed by atoms with Crippen LogP contribution < -0.4 is 10.4 Å². The summed E-state index contributed by atoms with van der Waals surface area (Å²) in [5, 5.41) is 9.86. The van der Waals surface area contributed by atoms with Crippen LogP contribution in [0.25, 0.3) is 21.9 Å². The van der Waals surface area contributed by atoms with Gasteiger partial charge in [0.2, 0.25) is 5.58 Å². The fourth-order valence-corrected chi connectivity index (χ4v) is 4.34. The fourth-order valence-electron chi connectivity index (χ4n) is 2.96. The molecule has 0 amide bonds. The molecule has 4 rings (SSSR count). The number of carboxylic acid groups (broad SMARTS) is 1. The van der Waals surface area contributed by atoms with E-state index in [1.165, 1.54) is 36.6 Å². The van der Waals surface area contributed by atoms with Crippen LogP contribution in [0.3, 0.4) is 0 Å². The highest BCUT2D eigenvalue weighted by molar-refractivity contribution is 7.90. The Labute approximate surface area is 157 Å². The van der Waals surface area contributed by atoms with Crippen LogP contribution in [0.2, 0.25) is 0 Å². The zero-order valence-corrected chi connectivity index (χ0v) is 14.9. The summed E-state index contributed by atoms with van der Waals surface area (Å²) < 4.78 is 40.5. The molecule has 28 heavy (non-hydrogen) atoms. The molecule has 0 unspecified atom stereocenters. The van der Waals surface area contributed by atoms with Gasteiger partial charge < -0.3 is 18.7 Å². The third-order valence-electron chi connectivity index (χ3n) is 4.17. The van der Waals surface area contributed by atoms with Crippen LogP contribution in [0.4, 0.5) is 4.79 Å². The largest absolute Gasteiger partial charge is 0.511 e. The molecule has 0 saturated heterocycles. The Balaban J connectivity index is 1.94. The molecule has 0 spiro atoms. The van der Waals surface area contributed by atoms with Crippen molar-refractivity contribution in [3.8, 4) is 5.75 Å². The van der Waals surface area contributed by atoms with Crippen LogP contribution in [0.1, 0.15) is 5.56 Å². The van der Waals surface area contributed by atoms with Crippen LogP contribution in [0.5, 0.6) is 5.75 Å². The van der Waals surface area contributed by atoms with E-state index in [0.717, 1.165) is 0 Å². The van der Waals surface area contributed by atoms with Gasteiger partial charge in [-0.15, -0.1) is 0 Å². The first-order valence-electron chi connectivity index (χ1n) is 8.01. The lowest BCUT2D eigenvalue weighted by atomic mass is 10.1. The number of hydrogen-bond donors (Lipinski definition) is 1. The first-order chi connectivity index (χ1) is 13.4. The van der Waals surface area contributed by atoms with Gasteiger partial charge in [-0.3, -0.25) is 0 Å². The van der Waals surface area contributed by atoms with Crippen molar-refractivity contribution < 1.29 is 31.9 Å². The van der Waals surface area contributed by atoms with Crippen LogP contribution in [0, 0.1) is 0 Å². The van der Waals surface area contributed by atoms with E-state index < -0.39 is 27.4 Å². The number of carbonyl (C=O) groups is 1. The molecule has 0 aliphatic rings. The van der Waals surface area contributed by atoms with Crippen molar-refractivity contribution in [1.82, 2.24) is 0 Å². The first kappa shape index (κ1) is 17.8. The van der Waals surface area contributed by atoms with Crippen molar-refractivity contribution in [3.05, 3.63) is 70.8 Å². The van der Waals surface area contributed by atoms with E-state index in [2.05, 4.69) is 0 Å². The molecular formula is C19H12O8S. The molecule has 0 aliphatic carbocycles. The summed E-state index contributed by atoms with van der Waals surface area (Å²) in [6.07, 6.45) is -0.368. The number of benzene rings is 2. The van der Waals surface area contributed by atoms with Crippen LogP contribution in [-0.4, -0.2) is 19.7 Å². The average Bonchev–Trinajstić information content (AvgIpc) is 3.15. The highest BCUT2D eigenvalue weighted by atomic mass is 32.2.